The van der Waals surface area contributed by atoms with Gasteiger partial charge in [-0.2, -0.15) is 0 Å². The van der Waals surface area contributed by atoms with E-state index in [1.54, 1.807) is 25.1 Å². The summed E-state index contributed by atoms with van der Waals surface area (Å²) in [6.45, 7) is 1.29. The molecular weight excluding hydrogens is 355 g/mol. The third-order valence-electron chi connectivity index (χ3n) is 3.28. The Hall–Kier alpha value is -2.12. The number of carbonyl (C=O) groups is 1. The number of nitrogens with one attached hydrogen (secondary N) is 1. The highest BCUT2D eigenvalue weighted by atomic mass is 35.5. The summed E-state index contributed by atoms with van der Waals surface area (Å²) in [7, 11) is -3.72. The van der Waals surface area contributed by atoms with E-state index >= 15 is 0 Å². The van der Waals surface area contributed by atoms with Crippen molar-refractivity contribution in [1.82, 2.24) is 0 Å². The molecule has 0 unspecified atom stereocenters. The van der Waals surface area contributed by atoms with Gasteiger partial charge in [-0.1, -0.05) is 29.8 Å². The molecule has 0 bridgehead atoms. The van der Waals surface area contributed by atoms with Crippen LogP contribution in [0, 0.1) is 12.7 Å². The van der Waals surface area contributed by atoms with Gasteiger partial charge >= 0.3 is 0 Å². The molecule has 0 heterocycles. The van der Waals surface area contributed by atoms with E-state index in [1.165, 1.54) is 24.3 Å². The molecule has 0 spiro atoms. The first-order valence-electron chi connectivity index (χ1n) is 6.97. The van der Waals surface area contributed by atoms with Crippen LogP contribution in [0.1, 0.15) is 5.56 Å². The van der Waals surface area contributed by atoms with Crippen molar-refractivity contribution in [1.29, 1.82) is 0 Å². The van der Waals surface area contributed by atoms with E-state index in [9.17, 15) is 17.6 Å². The van der Waals surface area contributed by atoms with Crippen LogP contribution in [-0.4, -0.2) is 27.1 Å². The maximum absolute atomic E-state index is 13.6. The fourth-order valence-electron chi connectivity index (χ4n) is 2.02. The van der Waals surface area contributed by atoms with Crippen molar-refractivity contribution in [2.24, 2.45) is 0 Å². The molecule has 0 fully saturated rings. The Kier molecular flexibility index (Phi) is 5.46. The number of hydrogen-bond donors (Lipinski definition) is 1. The van der Waals surface area contributed by atoms with Gasteiger partial charge in [-0.15, -0.1) is 0 Å². The van der Waals surface area contributed by atoms with Crippen LogP contribution in [0.4, 0.5) is 15.8 Å². The molecule has 1 N–H and O–H groups in total. The highest BCUT2D eigenvalue weighted by Gasteiger charge is 2.22. The first-order valence-corrected chi connectivity index (χ1v) is 9.19. The summed E-state index contributed by atoms with van der Waals surface area (Å²) in [5, 5.41) is 2.74. The fourth-order valence-corrected chi connectivity index (χ4v) is 3.04. The summed E-state index contributed by atoms with van der Waals surface area (Å²) in [6.07, 6.45) is 0.983. The summed E-state index contributed by atoms with van der Waals surface area (Å²) < 4.78 is 38.5. The molecule has 2 rings (SSSR count). The molecule has 2 aromatic carbocycles. The van der Waals surface area contributed by atoms with Crippen molar-refractivity contribution in [3.05, 3.63) is 58.9 Å². The Morgan fingerprint density at radius 3 is 2.50 bits per heavy atom. The van der Waals surface area contributed by atoms with Gasteiger partial charge in [-0.25, -0.2) is 12.8 Å². The molecule has 128 valence electrons. The minimum atomic E-state index is -3.72. The number of nitrogens with zero attached hydrogens (tertiary/aromatic N) is 1. The standard InChI is InChI=1S/C16H16ClFN2O3S/c1-11-7-8-12(9-13(11)17)20(24(2,22)23)10-16(21)19-15-6-4-3-5-14(15)18/h3-9H,10H2,1-2H3,(H,19,21). The second-order valence-corrected chi connectivity index (χ2v) is 7.55. The van der Waals surface area contributed by atoms with E-state index in [0.717, 1.165) is 16.1 Å². The Balaban J connectivity index is 2.25. The summed E-state index contributed by atoms with van der Waals surface area (Å²) >= 11 is 6.02. The second-order valence-electron chi connectivity index (χ2n) is 5.23. The largest absolute Gasteiger partial charge is 0.322 e. The topological polar surface area (TPSA) is 66.5 Å². The number of rotatable bonds is 5. The monoisotopic (exact) mass is 370 g/mol. The van der Waals surface area contributed by atoms with Crippen molar-refractivity contribution >= 4 is 38.9 Å². The molecule has 5 nitrogen and oxygen atoms in total. The van der Waals surface area contributed by atoms with E-state index in [2.05, 4.69) is 5.32 Å². The van der Waals surface area contributed by atoms with Gasteiger partial charge in [0.15, 0.2) is 0 Å². The number of para-hydroxylation sites is 1. The predicted octanol–water partition coefficient (Wildman–Crippen LogP) is 3.19. The van der Waals surface area contributed by atoms with Crippen molar-refractivity contribution < 1.29 is 17.6 Å². The van der Waals surface area contributed by atoms with Gasteiger partial charge in [0.05, 0.1) is 17.6 Å². The van der Waals surface area contributed by atoms with Gasteiger partial charge in [0.1, 0.15) is 12.4 Å². The average molecular weight is 371 g/mol. The SMILES string of the molecule is Cc1ccc(N(CC(=O)Nc2ccccc2F)S(C)(=O)=O)cc1Cl. The zero-order valence-corrected chi connectivity index (χ0v) is 14.7. The minimum Gasteiger partial charge on any atom is -0.322 e. The summed E-state index contributed by atoms with van der Waals surface area (Å²) in [5.41, 5.74) is 1.03. The number of amides is 1. The molecule has 0 aliphatic rings. The molecule has 0 aromatic heterocycles. The van der Waals surface area contributed by atoms with Gasteiger partial charge in [0, 0.05) is 5.02 Å². The molecule has 2 aromatic rings. The second kappa shape index (κ2) is 7.19. The Labute approximate surface area is 145 Å². The van der Waals surface area contributed by atoms with Crippen LogP contribution in [0.2, 0.25) is 5.02 Å². The number of anilines is 2. The number of carbonyl (C=O) groups excluding carboxylic acids is 1. The van der Waals surface area contributed by atoms with Gasteiger partial charge in [0.25, 0.3) is 0 Å². The Morgan fingerprint density at radius 1 is 1.25 bits per heavy atom. The lowest BCUT2D eigenvalue weighted by molar-refractivity contribution is -0.114. The van der Waals surface area contributed by atoms with Gasteiger partial charge < -0.3 is 5.32 Å². The maximum Gasteiger partial charge on any atom is 0.245 e. The fraction of sp³-hybridized carbons (Fsp3) is 0.188. The molecule has 1 amide bonds. The minimum absolute atomic E-state index is 0.0158. The van der Waals surface area contributed by atoms with E-state index in [4.69, 9.17) is 11.6 Å². The van der Waals surface area contributed by atoms with E-state index in [0.29, 0.717) is 5.02 Å². The van der Waals surface area contributed by atoms with Crippen LogP contribution in [0.15, 0.2) is 42.5 Å². The third-order valence-corrected chi connectivity index (χ3v) is 4.83. The lowest BCUT2D eigenvalue weighted by Crippen LogP contribution is -2.37. The van der Waals surface area contributed by atoms with Gasteiger partial charge in [-0.3, -0.25) is 9.10 Å². The predicted molar refractivity (Wildman–Crippen MR) is 93.4 cm³/mol. The quantitative estimate of drug-likeness (QED) is 0.878. The molecular formula is C16H16ClFN2O3S. The molecule has 0 atom stereocenters. The number of halogens is 2. The highest BCUT2D eigenvalue weighted by molar-refractivity contribution is 7.92. The molecule has 0 aliphatic heterocycles. The van der Waals surface area contributed by atoms with Crippen LogP contribution in [0.3, 0.4) is 0 Å². The molecule has 24 heavy (non-hydrogen) atoms. The van der Waals surface area contributed by atoms with Gasteiger partial charge in [0.2, 0.25) is 15.9 Å². The molecule has 8 heteroatoms. The summed E-state index contributed by atoms with van der Waals surface area (Å²) in [5.74, 6) is -1.27. The lowest BCUT2D eigenvalue weighted by Gasteiger charge is -2.22. The Morgan fingerprint density at radius 2 is 1.92 bits per heavy atom. The van der Waals surface area contributed by atoms with Crippen molar-refractivity contribution in [2.45, 2.75) is 6.92 Å². The first-order chi connectivity index (χ1) is 11.2. The molecule has 0 saturated carbocycles. The molecule has 0 radical (unpaired) electrons. The van der Waals surface area contributed by atoms with Crippen molar-refractivity contribution in [3.8, 4) is 0 Å². The average Bonchev–Trinajstić information content (AvgIpc) is 2.49. The zero-order chi connectivity index (χ0) is 17.9. The zero-order valence-electron chi connectivity index (χ0n) is 13.1. The number of hydrogen-bond acceptors (Lipinski definition) is 3. The van der Waals surface area contributed by atoms with E-state index in [1.807, 2.05) is 0 Å². The van der Waals surface area contributed by atoms with Crippen molar-refractivity contribution in [2.75, 3.05) is 22.4 Å². The highest BCUT2D eigenvalue weighted by Crippen LogP contribution is 2.25. The van der Waals surface area contributed by atoms with Crippen LogP contribution in [0.25, 0.3) is 0 Å². The summed E-state index contributed by atoms with van der Waals surface area (Å²) in [6, 6.07) is 10.3. The van der Waals surface area contributed by atoms with Crippen LogP contribution in [-0.2, 0) is 14.8 Å². The molecule has 0 aliphatic carbocycles. The third kappa shape index (κ3) is 4.46. The normalized spacial score (nSPS) is 11.2. The lowest BCUT2D eigenvalue weighted by atomic mass is 10.2. The number of benzene rings is 2. The first kappa shape index (κ1) is 18.2. The summed E-state index contributed by atoms with van der Waals surface area (Å²) in [4.78, 5) is 12.1. The van der Waals surface area contributed by atoms with E-state index in [-0.39, 0.29) is 11.4 Å². The van der Waals surface area contributed by atoms with E-state index < -0.39 is 28.3 Å². The van der Waals surface area contributed by atoms with Crippen molar-refractivity contribution in [3.63, 3.8) is 0 Å². The Bertz CT molecular complexity index is 871. The van der Waals surface area contributed by atoms with Crippen LogP contribution in [0.5, 0.6) is 0 Å². The number of aryl methyl sites for hydroxylation is 1. The number of sulfonamides is 1. The molecule has 0 saturated heterocycles. The smallest absolute Gasteiger partial charge is 0.245 e. The van der Waals surface area contributed by atoms with Gasteiger partial charge in [-0.05, 0) is 36.8 Å². The van der Waals surface area contributed by atoms with Crippen LogP contribution >= 0.6 is 11.6 Å². The van der Waals surface area contributed by atoms with Crippen LogP contribution < -0.4 is 9.62 Å². The maximum atomic E-state index is 13.6.